The highest BCUT2D eigenvalue weighted by Gasteiger charge is 2.16. The van der Waals surface area contributed by atoms with Gasteiger partial charge in [0.25, 0.3) is 11.1 Å². The van der Waals surface area contributed by atoms with Gasteiger partial charge in [-0.15, -0.1) is 0 Å². The first-order chi connectivity index (χ1) is 19.5. The fourth-order valence-electron chi connectivity index (χ4n) is 4.56. The van der Waals surface area contributed by atoms with Crippen molar-refractivity contribution < 1.29 is 4.74 Å². The number of para-hydroxylation sites is 1. The lowest BCUT2D eigenvalue weighted by molar-refractivity contribution is 0.340. The third-order valence-corrected chi connectivity index (χ3v) is 7.44. The van der Waals surface area contributed by atoms with Gasteiger partial charge < -0.3 is 4.74 Å². The van der Waals surface area contributed by atoms with Crippen molar-refractivity contribution in [3.63, 3.8) is 0 Å². The second-order valence-electron chi connectivity index (χ2n) is 9.26. The normalized spacial score (nSPS) is 11.8. The topological polar surface area (TPSA) is 91.4 Å². The summed E-state index contributed by atoms with van der Waals surface area (Å²) in [5.74, 6) is 0.788. The molecule has 0 radical (unpaired) electrons. The maximum Gasteiger partial charge on any atom is 0.296 e. The van der Waals surface area contributed by atoms with Crippen LogP contribution in [0.3, 0.4) is 0 Å². The van der Waals surface area contributed by atoms with Gasteiger partial charge in [-0.3, -0.25) is 9.59 Å². The summed E-state index contributed by atoms with van der Waals surface area (Å²) < 4.78 is 9.10. The van der Waals surface area contributed by atoms with Gasteiger partial charge >= 0.3 is 0 Å². The van der Waals surface area contributed by atoms with Crippen LogP contribution in [0.15, 0.2) is 94.6 Å². The molecule has 3 aromatic heterocycles. The molecule has 0 aliphatic heterocycles. The molecule has 0 bridgehead atoms. The predicted molar refractivity (Wildman–Crippen MR) is 156 cm³/mol. The first-order valence-corrected chi connectivity index (χ1v) is 13.7. The minimum absolute atomic E-state index is 0.229. The third kappa shape index (κ3) is 4.94. The largest absolute Gasteiger partial charge is 0.494 e. The monoisotopic (exact) mass is 547 g/mol. The number of hydrogen-bond acceptors (Lipinski definition) is 7. The first kappa shape index (κ1) is 25.4. The van der Waals surface area contributed by atoms with Crippen molar-refractivity contribution in [2.24, 2.45) is 0 Å². The van der Waals surface area contributed by atoms with Crippen LogP contribution < -0.4 is 20.4 Å². The van der Waals surface area contributed by atoms with Crippen molar-refractivity contribution >= 4 is 22.4 Å². The van der Waals surface area contributed by atoms with Gasteiger partial charge in [0.05, 0.1) is 16.8 Å². The molecule has 0 saturated carbocycles. The van der Waals surface area contributed by atoms with Crippen LogP contribution in [0.25, 0.3) is 28.0 Å². The van der Waals surface area contributed by atoms with E-state index in [-0.39, 0.29) is 16.2 Å². The Hall–Kier alpha value is -4.89. The fourth-order valence-corrected chi connectivity index (χ4v) is 5.45. The lowest BCUT2D eigenvalue weighted by atomic mass is 10.0. The van der Waals surface area contributed by atoms with Crippen LogP contribution in [0.2, 0.25) is 0 Å². The Morgan fingerprint density at radius 3 is 2.42 bits per heavy atom. The SMILES string of the molecule is CCOc1ccc(-c2nn(-c3ccccc3)cc2/C=c2\sc3nc(=O)c(Cc4ccccc4)nn3c2=O)c(C)c1. The van der Waals surface area contributed by atoms with Crippen molar-refractivity contribution in [1.82, 2.24) is 24.4 Å². The number of ether oxygens (including phenoxy) is 1. The summed E-state index contributed by atoms with van der Waals surface area (Å²) in [5.41, 5.74) is 4.69. The quantitative estimate of drug-likeness (QED) is 0.297. The van der Waals surface area contributed by atoms with Gasteiger partial charge in [-0.25, -0.2) is 4.68 Å². The van der Waals surface area contributed by atoms with E-state index in [0.29, 0.717) is 17.6 Å². The van der Waals surface area contributed by atoms with Crippen LogP contribution in [0.4, 0.5) is 0 Å². The summed E-state index contributed by atoms with van der Waals surface area (Å²) >= 11 is 1.13. The maximum atomic E-state index is 13.5. The Morgan fingerprint density at radius 1 is 0.950 bits per heavy atom. The van der Waals surface area contributed by atoms with E-state index in [4.69, 9.17) is 9.84 Å². The van der Waals surface area contributed by atoms with Gasteiger partial charge in [0, 0.05) is 23.7 Å². The van der Waals surface area contributed by atoms with E-state index in [2.05, 4.69) is 10.1 Å². The van der Waals surface area contributed by atoms with Crippen LogP contribution in [-0.4, -0.2) is 31.0 Å². The molecule has 0 unspecified atom stereocenters. The molecule has 40 heavy (non-hydrogen) atoms. The Morgan fingerprint density at radius 2 is 1.70 bits per heavy atom. The maximum absolute atomic E-state index is 13.5. The van der Waals surface area contributed by atoms with E-state index in [1.165, 1.54) is 4.52 Å². The molecule has 0 saturated heterocycles. The number of hydrogen-bond donors (Lipinski definition) is 0. The molecular formula is C31H25N5O3S. The van der Waals surface area contributed by atoms with Gasteiger partial charge in [-0.2, -0.15) is 19.7 Å². The van der Waals surface area contributed by atoms with E-state index in [9.17, 15) is 9.59 Å². The molecule has 0 amide bonds. The van der Waals surface area contributed by atoms with Gasteiger partial charge in [-0.1, -0.05) is 59.9 Å². The minimum atomic E-state index is -0.431. The number of aryl methyl sites for hydroxylation is 1. The van der Waals surface area contributed by atoms with Crippen LogP contribution in [-0.2, 0) is 6.42 Å². The number of thiazole rings is 1. The standard InChI is InChI=1S/C31H25N5O3S/c1-3-39-24-14-15-25(20(2)16-24)28-22(19-35(34-28)23-12-8-5-9-13-23)18-27-30(38)36-31(40-27)32-29(37)26(33-36)17-21-10-6-4-7-11-21/h4-16,18-19H,3,17H2,1-2H3/b27-18-. The molecule has 0 spiro atoms. The number of rotatable bonds is 7. The first-order valence-electron chi connectivity index (χ1n) is 12.9. The predicted octanol–water partition coefficient (Wildman–Crippen LogP) is 4.21. The summed E-state index contributed by atoms with van der Waals surface area (Å²) in [6.07, 6.45) is 3.99. The molecular weight excluding hydrogens is 522 g/mol. The summed E-state index contributed by atoms with van der Waals surface area (Å²) in [6, 6.07) is 25.2. The van der Waals surface area contributed by atoms with Crippen molar-refractivity contribution in [3.8, 4) is 22.7 Å². The number of nitrogens with zero attached hydrogens (tertiary/aromatic N) is 5. The van der Waals surface area contributed by atoms with Gasteiger partial charge in [0.15, 0.2) is 0 Å². The van der Waals surface area contributed by atoms with E-state index in [1.54, 1.807) is 10.8 Å². The van der Waals surface area contributed by atoms with E-state index < -0.39 is 5.56 Å². The lowest BCUT2D eigenvalue weighted by Crippen LogP contribution is -2.28. The molecule has 0 fully saturated rings. The zero-order valence-electron chi connectivity index (χ0n) is 21.9. The Bertz CT molecular complexity index is 2000. The molecule has 0 atom stereocenters. The average Bonchev–Trinajstić information content (AvgIpc) is 3.51. The van der Waals surface area contributed by atoms with Crippen LogP contribution in [0.1, 0.15) is 29.3 Å². The molecule has 3 aromatic carbocycles. The summed E-state index contributed by atoms with van der Waals surface area (Å²) in [7, 11) is 0. The molecule has 3 heterocycles. The molecule has 9 heteroatoms. The summed E-state index contributed by atoms with van der Waals surface area (Å²) in [5, 5.41) is 9.29. The zero-order valence-corrected chi connectivity index (χ0v) is 22.8. The van der Waals surface area contributed by atoms with E-state index in [0.717, 1.165) is 50.7 Å². The molecule has 6 aromatic rings. The van der Waals surface area contributed by atoms with Gasteiger partial charge in [-0.05, 0) is 61.4 Å². The highest BCUT2D eigenvalue weighted by atomic mass is 32.1. The average molecular weight is 548 g/mol. The molecule has 6 rings (SSSR count). The van der Waals surface area contributed by atoms with Gasteiger partial charge in [0.1, 0.15) is 17.1 Å². The van der Waals surface area contributed by atoms with Crippen molar-refractivity contribution in [1.29, 1.82) is 0 Å². The second-order valence-corrected chi connectivity index (χ2v) is 10.3. The van der Waals surface area contributed by atoms with Gasteiger partial charge in [0.2, 0.25) is 4.96 Å². The van der Waals surface area contributed by atoms with Crippen LogP contribution in [0.5, 0.6) is 5.75 Å². The molecule has 198 valence electrons. The smallest absolute Gasteiger partial charge is 0.296 e. The van der Waals surface area contributed by atoms with Crippen LogP contribution in [0, 0.1) is 6.92 Å². The van der Waals surface area contributed by atoms with Crippen molar-refractivity contribution in [3.05, 3.63) is 133 Å². The van der Waals surface area contributed by atoms with Crippen molar-refractivity contribution in [2.45, 2.75) is 20.3 Å². The lowest BCUT2D eigenvalue weighted by Gasteiger charge is -2.08. The Balaban J connectivity index is 1.49. The molecule has 0 N–H and O–H groups in total. The summed E-state index contributed by atoms with van der Waals surface area (Å²) in [6.45, 7) is 4.54. The molecule has 8 nitrogen and oxygen atoms in total. The number of benzene rings is 3. The number of aromatic nitrogens is 5. The van der Waals surface area contributed by atoms with Crippen molar-refractivity contribution in [2.75, 3.05) is 6.61 Å². The molecule has 0 aliphatic rings. The fraction of sp³-hybridized carbons (Fsp3) is 0.129. The zero-order chi connectivity index (χ0) is 27.6. The number of fused-ring (bicyclic) bond motifs is 1. The van der Waals surface area contributed by atoms with E-state index >= 15 is 0 Å². The van der Waals surface area contributed by atoms with Crippen LogP contribution >= 0.6 is 11.3 Å². The Kier molecular flexibility index (Phi) is 6.79. The minimum Gasteiger partial charge on any atom is -0.494 e. The third-order valence-electron chi connectivity index (χ3n) is 6.48. The highest BCUT2D eigenvalue weighted by molar-refractivity contribution is 7.15. The Labute approximate surface area is 233 Å². The summed E-state index contributed by atoms with van der Waals surface area (Å²) in [4.78, 5) is 30.6. The highest BCUT2D eigenvalue weighted by Crippen LogP contribution is 2.30. The molecule has 0 aliphatic carbocycles. The second kappa shape index (κ2) is 10.7. The van der Waals surface area contributed by atoms with E-state index in [1.807, 2.05) is 98.9 Å².